The van der Waals surface area contributed by atoms with Crippen molar-refractivity contribution in [1.82, 2.24) is 4.98 Å². The van der Waals surface area contributed by atoms with Gasteiger partial charge in [-0.05, 0) is 29.6 Å². The van der Waals surface area contributed by atoms with E-state index < -0.39 is 5.60 Å². The molecule has 2 N–H and O–H groups in total. The number of nitrogens with one attached hydrogen (secondary N) is 1. The summed E-state index contributed by atoms with van der Waals surface area (Å²) in [6, 6.07) is 13.5. The number of thiophene rings is 1. The van der Waals surface area contributed by atoms with Gasteiger partial charge in [-0.15, -0.1) is 11.3 Å². The molecule has 0 aliphatic heterocycles. The molecule has 6 heteroatoms. The molecule has 0 radical (unpaired) electrons. The largest absolute Gasteiger partial charge is 0.472 e. The van der Waals surface area contributed by atoms with Crippen LogP contribution in [0.4, 0.5) is 6.01 Å². The second-order valence-electron chi connectivity index (χ2n) is 5.19. The van der Waals surface area contributed by atoms with Crippen LogP contribution in [0, 0.1) is 0 Å². The summed E-state index contributed by atoms with van der Waals surface area (Å²) >= 11 is 1.49. The number of fused-ring (bicyclic) bond motifs is 1. The molecule has 1 aromatic carbocycles. The van der Waals surface area contributed by atoms with E-state index in [0.29, 0.717) is 17.2 Å². The molecule has 5 nitrogen and oxygen atoms in total. The van der Waals surface area contributed by atoms with Gasteiger partial charge in [-0.3, -0.25) is 0 Å². The predicted molar refractivity (Wildman–Crippen MR) is 88.5 cm³/mol. The molecule has 0 saturated heterocycles. The molecule has 1 atom stereocenters. The lowest BCUT2D eigenvalue weighted by molar-refractivity contribution is 0.0976. The number of aliphatic hydroxyl groups is 1. The first-order valence-electron chi connectivity index (χ1n) is 7.14. The molecule has 3 heterocycles. The Labute approximate surface area is 136 Å². The Balaban J connectivity index is 1.63. The highest BCUT2D eigenvalue weighted by atomic mass is 32.1. The van der Waals surface area contributed by atoms with E-state index >= 15 is 0 Å². The van der Waals surface area contributed by atoms with Gasteiger partial charge in [-0.2, -0.15) is 4.98 Å². The molecule has 0 saturated carbocycles. The van der Waals surface area contributed by atoms with Gasteiger partial charge in [0.2, 0.25) is 0 Å². The molecule has 1 unspecified atom stereocenters. The Morgan fingerprint density at radius 3 is 2.83 bits per heavy atom. The first-order chi connectivity index (χ1) is 11.3. The maximum absolute atomic E-state index is 11.2. The monoisotopic (exact) mass is 326 g/mol. The minimum Gasteiger partial charge on any atom is -0.472 e. The van der Waals surface area contributed by atoms with Crippen LogP contribution in [0.25, 0.3) is 11.1 Å². The Morgan fingerprint density at radius 1 is 1.17 bits per heavy atom. The zero-order valence-corrected chi connectivity index (χ0v) is 12.9. The second-order valence-corrected chi connectivity index (χ2v) is 6.14. The third-order valence-electron chi connectivity index (χ3n) is 3.72. The molecule has 0 bridgehead atoms. The molecule has 4 aromatic rings. The normalized spacial score (nSPS) is 14.0. The van der Waals surface area contributed by atoms with Crippen molar-refractivity contribution in [3.05, 3.63) is 70.8 Å². The van der Waals surface area contributed by atoms with E-state index in [-0.39, 0.29) is 6.54 Å². The van der Waals surface area contributed by atoms with Crippen LogP contribution >= 0.6 is 11.3 Å². The smallest absolute Gasteiger partial charge is 0.295 e. The summed E-state index contributed by atoms with van der Waals surface area (Å²) in [5.41, 5.74) is 0.960. The van der Waals surface area contributed by atoms with Crippen molar-refractivity contribution in [1.29, 1.82) is 0 Å². The number of aromatic nitrogens is 1. The first kappa shape index (κ1) is 14.0. The summed E-state index contributed by atoms with van der Waals surface area (Å²) in [4.78, 5) is 5.19. The number of anilines is 1. The molecular weight excluding hydrogens is 312 g/mol. The molecule has 0 aliphatic rings. The highest BCUT2D eigenvalue weighted by molar-refractivity contribution is 7.10. The lowest BCUT2D eigenvalue weighted by Gasteiger charge is -2.25. The molecule has 4 rings (SSSR count). The van der Waals surface area contributed by atoms with E-state index in [1.54, 1.807) is 18.6 Å². The molecule has 23 heavy (non-hydrogen) atoms. The fraction of sp³-hybridized carbons (Fsp3) is 0.118. The number of oxazole rings is 1. The number of para-hydroxylation sites is 2. The van der Waals surface area contributed by atoms with E-state index in [4.69, 9.17) is 8.83 Å². The summed E-state index contributed by atoms with van der Waals surface area (Å²) in [7, 11) is 0. The zero-order valence-electron chi connectivity index (χ0n) is 12.1. The van der Waals surface area contributed by atoms with E-state index in [1.165, 1.54) is 11.3 Å². The maximum Gasteiger partial charge on any atom is 0.295 e. The number of hydrogen-bond donors (Lipinski definition) is 2. The van der Waals surface area contributed by atoms with Gasteiger partial charge in [-0.1, -0.05) is 18.2 Å². The predicted octanol–water partition coefficient (Wildman–Crippen LogP) is 3.83. The van der Waals surface area contributed by atoms with Gasteiger partial charge in [0.15, 0.2) is 5.58 Å². The highest BCUT2D eigenvalue weighted by Gasteiger charge is 2.34. The summed E-state index contributed by atoms with van der Waals surface area (Å²) in [6.45, 7) is 0.222. The topological polar surface area (TPSA) is 71.4 Å². The van der Waals surface area contributed by atoms with E-state index in [1.807, 2.05) is 41.8 Å². The fourth-order valence-corrected chi connectivity index (χ4v) is 3.34. The van der Waals surface area contributed by atoms with Crippen molar-refractivity contribution < 1.29 is 13.9 Å². The number of rotatable bonds is 5. The van der Waals surface area contributed by atoms with Crippen molar-refractivity contribution in [3.8, 4) is 0 Å². The number of benzene rings is 1. The van der Waals surface area contributed by atoms with Gasteiger partial charge in [0.25, 0.3) is 6.01 Å². The van der Waals surface area contributed by atoms with Crippen molar-refractivity contribution in [3.63, 3.8) is 0 Å². The van der Waals surface area contributed by atoms with Crippen LogP contribution in [0.5, 0.6) is 0 Å². The molecule has 3 aromatic heterocycles. The van der Waals surface area contributed by atoms with Gasteiger partial charge in [0.05, 0.1) is 19.1 Å². The van der Waals surface area contributed by atoms with Crippen molar-refractivity contribution >= 4 is 28.5 Å². The maximum atomic E-state index is 11.2. The van der Waals surface area contributed by atoms with Crippen LogP contribution in [-0.4, -0.2) is 16.6 Å². The minimum atomic E-state index is -1.21. The summed E-state index contributed by atoms with van der Waals surface area (Å²) in [6.07, 6.45) is 3.10. The van der Waals surface area contributed by atoms with Crippen LogP contribution in [0.1, 0.15) is 10.4 Å². The van der Waals surface area contributed by atoms with Crippen LogP contribution in [0.2, 0.25) is 0 Å². The Hall–Kier alpha value is -2.57. The lowest BCUT2D eigenvalue weighted by atomic mass is 9.94. The van der Waals surface area contributed by atoms with Crippen molar-refractivity contribution in [2.24, 2.45) is 0 Å². The molecule has 0 fully saturated rings. The third kappa shape index (κ3) is 2.52. The number of hydrogen-bond acceptors (Lipinski definition) is 6. The fourth-order valence-electron chi connectivity index (χ4n) is 2.50. The second kappa shape index (κ2) is 5.57. The standard InChI is InChI=1S/C17H14N2O3S/c20-17(12-7-8-21-10-12,15-6-3-9-23-15)11-18-16-19-13-4-1-2-5-14(13)22-16/h1-10,20H,11H2,(H,18,19). The molecular formula is C17H14N2O3S. The first-order valence-corrected chi connectivity index (χ1v) is 8.02. The molecule has 0 spiro atoms. The van der Waals surface area contributed by atoms with Crippen LogP contribution < -0.4 is 5.32 Å². The Bertz CT molecular complexity index is 830. The molecule has 0 amide bonds. The van der Waals surface area contributed by atoms with Crippen LogP contribution in [0.15, 0.2) is 69.2 Å². The van der Waals surface area contributed by atoms with E-state index in [0.717, 1.165) is 10.4 Å². The minimum absolute atomic E-state index is 0.222. The third-order valence-corrected chi connectivity index (χ3v) is 4.74. The molecule has 116 valence electrons. The molecule has 0 aliphatic carbocycles. The van der Waals surface area contributed by atoms with Gasteiger partial charge in [-0.25, -0.2) is 0 Å². The van der Waals surface area contributed by atoms with Crippen molar-refractivity contribution in [2.45, 2.75) is 5.60 Å². The van der Waals surface area contributed by atoms with Crippen molar-refractivity contribution in [2.75, 3.05) is 11.9 Å². The summed E-state index contributed by atoms with van der Waals surface area (Å²) in [5.74, 6) is 0. The average molecular weight is 326 g/mol. The SMILES string of the molecule is OC(CNc1nc2ccccc2o1)(c1ccoc1)c1cccs1. The number of furan rings is 1. The Kier molecular flexibility index (Phi) is 3.40. The highest BCUT2D eigenvalue weighted by Crippen LogP contribution is 2.33. The van der Waals surface area contributed by atoms with Crippen LogP contribution in [-0.2, 0) is 5.60 Å². The zero-order chi connectivity index (χ0) is 15.7. The Morgan fingerprint density at radius 2 is 2.09 bits per heavy atom. The van der Waals surface area contributed by atoms with E-state index in [9.17, 15) is 5.11 Å². The van der Waals surface area contributed by atoms with Crippen LogP contribution in [0.3, 0.4) is 0 Å². The number of nitrogens with zero attached hydrogens (tertiary/aromatic N) is 1. The van der Waals surface area contributed by atoms with E-state index in [2.05, 4.69) is 10.3 Å². The van der Waals surface area contributed by atoms with Gasteiger partial charge in [0.1, 0.15) is 11.1 Å². The lowest BCUT2D eigenvalue weighted by Crippen LogP contribution is -2.34. The average Bonchev–Trinajstić information content (AvgIpc) is 3.33. The summed E-state index contributed by atoms with van der Waals surface area (Å²) in [5, 5.41) is 16.2. The van der Waals surface area contributed by atoms with Gasteiger partial charge >= 0.3 is 0 Å². The summed E-state index contributed by atoms with van der Waals surface area (Å²) < 4.78 is 10.8. The van der Waals surface area contributed by atoms with Gasteiger partial charge in [0, 0.05) is 10.4 Å². The quantitative estimate of drug-likeness (QED) is 0.583. The van der Waals surface area contributed by atoms with Gasteiger partial charge < -0.3 is 19.3 Å².